The molecule has 1 aromatic heterocycles. The number of nitrogens with two attached hydrogens (primary N) is 1. The maximum absolute atomic E-state index is 5.51. The normalized spacial score (nSPS) is 10.8. The molecule has 0 aliphatic rings. The molecule has 0 aromatic carbocycles. The minimum Gasteiger partial charge on any atom is -0.370 e. The van der Waals surface area contributed by atoms with Crippen LogP contribution < -0.4 is 16.6 Å². The Hall–Kier alpha value is -1.01. The number of nitrogens with one attached hydrogen (secondary N) is 2. The van der Waals surface area contributed by atoms with Gasteiger partial charge in [-0.15, -0.1) is 0 Å². The largest absolute Gasteiger partial charge is 0.370 e. The zero-order chi connectivity index (χ0) is 14.3. The molecule has 0 aliphatic carbocycles. The highest BCUT2D eigenvalue weighted by molar-refractivity contribution is 7.99. The number of rotatable bonds is 8. The average molecular weight is 283 g/mol. The molecule has 5 nitrogen and oxygen atoms in total. The van der Waals surface area contributed by atoms with E-state index in [2.05, 4.69) is 41.5 Å². The molecule has 0 aliphatic heterocycles. The molecule has 0 spiro atoms. The van der Waals surface area contributed by atoms with E-state index in [1.54, 1.807) is 0 Å². The average Bonchev–Trinajstić information content (AvgIpc) is 2.40. The van der Waals surface area contributed by atoms with Crippen molar-refractivity contribution in [2.24, 2.45) is 5.84 Å². The lowest BCUT2D eigenvalue weighted by molar-refractivity contribution is 0.771. The fourth-order valence-electron chi connectivity index (χ4n) is 1.63. The van der Waals surface area contributed by atoms with E-state index in [0.29, 0.717) is 5.82 Å². The van der Waals surface area contributed by atoms with Crippen molar-refractivity contribution >= 4 is 23.4 Å². The molecule has 19 heavy (non-hydrogen) atoms. The number of anilines is 2. The fraction of sp³-hybridized carbons (Fsp3) is 0.692. The van der Waals surface area contributed by atoms with Crippen LogP contribution in [0, 0.1) is 6.92 Å². The number of nitrogen functional groups attached to an aromatic ring is 1. The van der Waals surface area contributed by atoms with Gasteiger partial charge >= 0.3 is 0 Å². The summed E-state index contributed by atoms with van der Waals surface area (Å²) in [5.74, 6) is 10.5. The van der Waals surface area contributed by atoms with Crippen molar-refractivity contribution < 1.29 is 0 Å². The minimum absolute atomic E-state index is 0.281. The predicted molar refractivity (Wildman–Crippen MR) is 84.8 cm³/mol. The molecule has 0 bridgehead atoms. The number of nitrogens with zero attached hydrogens (tertiary/aromatic N) is 2. The second-order valence-corrected chi connectivity index (χ2v) is 6.07. The topological polar surface area (TPSA) is 75.9 Å². The van der Waals surface area contributed by atoms with E-state index in [0.717, 1.165) is 30.2 Å². The van der Waals surface area contributed by atoms with E-state index in [4.69, 9.17) is 5.84 Å². The van der Waals surface area contributed by atoms with Crippen LogP contribution in [0.15, 0.2) is 0 Å². The summed E-state index contributed by atoms with van der Waals surface area (Å²) in [6.07, 6.45) is 1.13. The Kier molecular flexibility index (Phi) is 6.94. The molecule has 0 amide bonds. The van der Waals surface area contributed by atoms with Gasteiger partial charge in [-0.3, -0.25) is 0 Å². The highest BCUT2D eigenvalue weighted by Crippen LogP contribution is 2.22. The Balaban J connectivity index is 2.72. The summed E-state index contributed by atoms with van der Waals surface area (Å²) in [5, 5.41) is 3.38. The van der Waals surface area contributed by atoms with Crippen LogP contribution >= 0.6 is 11.8 Å². The molecule has 6 heteroatoms. The van der Waals surface area contributed by atoms with Crippen LogP contribution in [-0.4, -0.2) is 28.0 Å². The highest BCUT2D eigenvalue weighted by Gasteiger charge is 2.12. The van der Waals surface area contributed by atoms with E-state index >= 15 is 0 Å². The number of hydrogen-bond acceptors (Lipinski definition) is 6. The van der Waals surface area contributed by atoms with Crippen LogP contribution in [0.4, 0.5) is 11.6 Å². The maximum Gasteiger partial charge on any atom is 0.148 e. The number of thioether (sulfide) groups is 1. The SMILES string of the molecule is CCSCCCNc1nc(C(C)C)nc(NN)c1C. The number of hydrogen-bond donors (Lipinski definition) is 3. The van der Waals surface area contributed by atoms with Gasteiger partial charge in [0.15, 0.2) is 0 Å². The van der Waals surface area contributed by atoms with Gasteiger partial charge in [-0.25, -0.2) is 15.8 Å². The lowest BCUT2D eigenvalue weighted by Crippen LogP contribution is -2.16. The Morgan fingerprint density at radius 3 is 2.53 bits per heavy atom. The van der Waals surface area contributed by atoms with E-state index in [-0.39, 0.29) is 5.92 Å². The Morgan fingerprint density at radius 2 is 1.95 bits per heavy atom. The molecule has 4 N–H and O–H groups in total. The van der Waals surface area contributed by atoms with Gasteiger partial charge in [-0.1, -0.05) is 20.8 Å². The van der Waals surface area contributed by atoms with E-state index in [9.17, 15) is 0 Å². The third kappa shape index (κ3) is 4.87. The quantitative estimate of drug-likeness (QED) is 0.387. The number of hydrazine groups is 1. The van der Waals surface area contributed by atoms with Gasteiger partial charge < -0.3 is 10.7 Å². The molecular formula is C13H25N5S. The van der Waals surface area contributed by atoms with E-state index < -0.39 is 0 Å². The van der Waals surface area contributed by atoms with Crippen molar-refractivity contribution in [2.45, 2.75) is 40.0 Å². The van der Waals surface area contributed by atoms with Crippen molar-refractivity contribution in [3.05, 3.63) is 11.4 Å². The van der Waals surface area contributed by atoms with Crippen molar-refractivity contribution in [3.63, 3.8) is 0 Å². The van der Waals surface area contributed by atoms with Crippen molar-refractivity contribution in [1.82, 2.24) is 9.97 Å². The second-order valence-electron chi connectivity index (χ2n) is 4.68. The highest BCUT2D eigenvalue weighted by atomic mass is 32.2. The molecule has 1 heterocycles. The smallest absolute Gasteiger partial charge is 0.148 e. The van der Waals surface area contributed by atoms with Gasteiger partial charge in [0.25, 0.3) is 0 Å². The summed E-state index contributed by atoms with van der Waals surface area (Å²) in [6.45, 7) is 9.23. The molecular weight excluding hydrogens is 258 g/mol. The van der Waals surface area contributed by atoms with Gasteiger partial charge in [0, 0.05) is 18.0 Å². The van der Waals surface area contributed by atoms with Gasteiger partial charge in [0.1, 0.15) is 17.5 Å². The van der Waals surface area contributed by atoms with Gasteiger partial charge in [0.05, 0.1) is 0 Å². The summed E-state index contributed by atoms with van der Waals surface area (Å²) in [6, 6.07) is 0. The first-order chi connectivity index (χ1) is 9.10. The van der Waals surface area contributed by atoms with Crippen LogP contribution in [0.5, 0.6) is 0 Å². The summed E-state index contributed by atoms with van der Waals surface area (Å²) >= 11 is 1.96. The molecule has 0 radical (unpaired) electrons. The Morgan fingerprint density at radius 1 is 1.26 bits per heavy atom. The molecule has 0 fully saturated rings. The molecule has 108 valence electrons. The summed E-state index contributed by atoms with van der Waals surface area (Å²) in [7, 11) is 0. The zero-order valence-corrected chi connectivity index (χ0v) is 13.1. The maximum atomic E-state index is 5.51. The lowest BCUT2D eigenvalue weighted by Gasteiger charge is -2.14. The van der Waals surface area contributed by atoms with Gasteiger partial charge in [0.2, 0.25) is 0 Å². The molecule has 1 aromatic rings. The molecule has 0 atom stereocenters. The van der Waals surface area contributed by atoms with Crippen LogP contribution in [0.25, 0.3) is 0 Å². The Labute approximate surface area is 120 Å². The summed E-state index contributed by atoms with van der Waals surface area (Å²) in [4.78, 5) is 8.99. The first kappa shape index (κ1) is 16.0. The van der Waals surface area contributed by atoms with Gasteiger partial charge in [-0.05, 0) is 24.9 Å². The van der Waals surface area contributed by atoms with E-state index in [1.165, 1.54) is 11.5 Å². The van der Waals surface area contributed by atoms with Crippen LogP contribution in [0.2, 0.25) is 0 Å². The van der Waals surface area contributed by atoms with E-state index in [1.807, 2.05) is 18.7 Å². The molecule has 0 saturated carbocycles. The summed E-state index contributed by atoms with van der Waals surface area (Å²) in [5.41, 5.74) is 3.61. The minimum atomic E-state index is 0.281. The van der Waals surface area contributed by atoms with Crippen LogP contribution in [-0.2, 0) is 0 Å². The first-order valence-corrected chi connectivity index (χ1v) is 7.92. The van der Waals surface area contributed by atoms with Crippen molar-refractivity contribution in [1.29, 1.82) is 0 Å². The van der Waals surface area contributed by atoms with Crippen LogP contribution in [0.1, 0.15) is 44.5 Å². The molecule has 0 saturated heterocycles. The predicted octanol–water partition coefficient (Wildman–Crippen LogP) is 2.75. The fourth-order valence-corrected chi connectivity index (χ4v) is 2.27. The third-order valence-corrected chi connectivity index (χ3v) is 3.76. The Bertz CT molecular complexity index is 395. The monoisotopic (exact) mass is 283 g/mol. The molecule has 1 rings (SSSR count). The lowest BCUT2D eigenvalue weighted by atomic mass is 10.2. The van der Waals surface area contributed by atoms with Crippen LogP contribution in [0.3, 0.4) is 0 Å². The first-order valence-electron chi connectivity index (χ1n) is 6.76. The van der Waals surface area contributed by atoms with Crippen molar-refractivity contribution in [2.75, 3.05) is 28.8 Å². The molecule has 0 unspecified atom stereocenters. The summed E-state index contributed by atoms with van der Waals surface area (Å²) < 4.78 is 0. The number of aromatic nitrogens is 2. The van der Waals surface area contributed by atoms with Crippen molar-refractivity contribution in [3.8, 4) is 0 Å². The van der Waals surface area contributed by atoms with Gasteiger partial charge in [-0.2, -0.15) is 11.8 Å². The standard InChI is InChI=1S/C13H25N5S/c1-5-19-8-6-7-15-12-10(4)13(18-14)17-11(16-12)9(2)3/h9H,5-8,14H2,1-4H3,(H2,15,16,17,18). The zero-order valence-electron chi connectivity index (χ0n) is 12.3. The third-order valence-electron chi connectivity index (χ3n) is 2.78. The second kappa shape index (κ2) is 8.22.